The van der Waals surface area contributed by atoms with Crippen LogP contribution in [0.2, 0.25) is 0 Å². The average Bonchev–Trinajstić information content (AvgIpc) is 3.05. The van der Waals surface area contributed by atoms with E-state index in [0.29, 0.717) is 18.9 Å². The Morgan fingerprint density at radius 3 is 2.95 bits per heavy atom. The minimum absolute atomic E-state index is 0.0944. The highest BCUT2D eigenvalue weighted by Gasteiger charge is 2.27. The molecule has 1 atom stereocenters. The summed E-state index contributed by atoms with van der Waals surface area (Å²) in [5.41, 5.74) is 2.71. The second-order valence-electron chi connectivity index (χ2n) is 6.30. The van der Waals surface area contributed by atoms with E-state index in [1.165, 1.54) is 12.1 Å². The fraction of sp³-hybridized carbons (Fsp3) is 0.389. The van der Waals surface area contributed by atoms with Gasteiger partial charge in [-0.3, -0.25) is 4.79 Å². The third kappa shape index (κ3) is 2.54. The van der Waals surface area contributed by atoms with E-state index in [2.05, 4.69) is 24.9 Å². The van der Waals surface area contributed by atoms with Crippen LogP contribution in [0.4, 0.5) is 4.39 Å². The van der Waals surface area contributed by atoms with Gasteiger partial charge in [0, 0.05) is 23.1 Å². The molecule has 1 aromatic carbocycles. The second-order valence-corrected chi connectivity index (χ2v) is 6.30. The number of nitrogens with one attached hydrogen (secondary N) is 1. The summed E-state index contributed by atoms with van der Waals surface area (Å²) in [4.78, 5) is 17.8. The minimum atomic E-state index is -0.275. The van der Waals surface area contributed by atoms with Crippen LogP contribution in [-0.2, 0) is 11.2 Å². The van der Waals surface area contributed by atoms with Crippen LogP contribution in [0.3, 0.4) is 0 Å². The topological polar surface area (TPSA) is 36.1 Å². The van der Waals surface area contributed by atoms with Crippen molar-refractivity contribution in [3.63, 3.8) is 0 Å². The SMILES string of the molecule is Cc1[nH]c2ccc(F)cc2c1CC(=O)N1CC=C[C@@H]1C(C)C. The van der Waals surface area contributed by atoms with Gasteiger partial charge in [0.05, 0.1) is 12.5 Å². The van der Waals surface area contributed by atoms with Crippen molar-refractivity contribution in [3.05, 3.63) is 47.4 Å². The molecular weight excluding hydrogens is 279 g/mol. The number of benzene rings is 1. The zero-order valence-electron chi connectivity index (χ0n) is 13.2. The second kappa shape index (κ2) is 5.59. The number of halogens is 1. The Hall–Kier alpha value is -2.10. The highest BCUT2D eigenvalue weighted by Crippen LogP contribution is 2.25. The number of hydrogen-bond acceptors (Lipinski definition) is 1. The number of aromatic nitrogens is 1. The Balaban J connectivity index is 1.88. The lowest BCUT2D eigenvalue weighted by atomic mass is 10.0. The van der Waals surface area contributed by atoms with Crippen LogP contribution in [0.25, 0.3) is 10.9 Å². The van der Waals surface area contributed by atoms with Crippen molar-refractivity contribution in [1.29, 1.82) is 0 Å². The van der Waals surface area contributed by atoms with Gasteiger partial charge >= 0.3 is 0 Å². The zero-order valence-corrected chi connectivity index (χ0v) is 13.2. The van der Waals surface area contributed by atoms with Crippen molar-refractivity contribution in [2.75, 3.05) is 6.54 Å². The molecule has 22 heavy (non-hydrogen) atoms. The Kier molecular flexibility index (Phi) is 3.77. The van der Waals surface area contributed by atoms with Crippen molar-refractivity contribution >= 4 is 16.8 Å². The fourth-order valence-electron chi connectivity index (χ4n) is 3.22. The summed E-state index contributed by atoms with van der Waals surface area (Å²) in [5, 5.41) is 0.805. The monoisotopic (exact) mass is 300 g/mol. The maximum absolute atomic E-state index is 13.5. The molecule has 1 amide bonds. The van der Waals surface area contributed by atoms with Crippen LogP contribution < -0.4 is 0 Å². The van der Waals surface area contributed by atoms with Crippen LogP contribution in [0.1, 0.15) is 25.1 Å². The lowest BCUT2D eigenvalue weighted by Gasteiger charge is -2.27. The summed E-state index contributed by atoms with van der Waals surface area (Å²) in [6.45, 7) is 6.83. The number of carbonyl (C=O) groups excluding carboxylic acids is 1. The molecule has 1 aliphatic rings. The van der Waals surface area contributed by atoms with Crippen molar-refractivity contribution in [2.24, 2.45) is 5.92 Å². The molecule has 4 heteroatoms. The number of amides is 1. The van der Waals surface area contributed by atoms with E-state index in [-0.39, 0.29) is 17.8 Å². The summed E-state index contributed by atoms with van der Waals surface area (Å²) in [5.74, 6) is 0.212. The Morgan fingerprint density at radius 1 is 1.45 bits per heavy atom. The van der Waals surface area contributed by atoms with Gasteiger partial charge < -0.3 is 9.88 Å². The van der Waals surface area contributed by atoms with E-state index in [9.17, 15) is 9.18 Å². The van der Waals surface area contributed by atoms with Gasteiger partial charge in [0.25, 0.3) is 0 Å². The van der Waals surface area contributed by atoms with E-state index in [4.69, 9.17) is 0 Å². The number of rotatable bonds is 3. The summed E-state index contributed by atoms with van der Waals surface area (Å²) in [6.07, 6.45) is 4.45. The molecule has 0 saturated heterocycles. The molecule has 0 fully saturated rings. The molecule has 0 saturated carbocycles. The molecule has 1 N–H and O–H groups in total. The first-order chi connectivity index (χ1) is 10.5. The smallest absolute Gasteiger partial charge is 0.227 e. The van der Waals surface area contributed by atoms with Gasteiger partial charge in [-0.2, -0.15) is 0 Å². The predicted octanol–water partition coefficient (Wildman–Crippen LogP) is 3.58. The largest absolute Gasteiger partial charge is 0.358 e. The van der Waals surface area contributed by atoms with Crippen molar-refractivity contribution in [2.45, 2.75) is 33.2 Å². The molecule has 0 aliphatic carbocycles. The van der Waals surface area contributed by atoms with Crippen LogP contribution in [0, 0.1) is 18.7 Å². The van der Waals surface area contributed by atoms with Gasteiger partial charge in [-0.05, 0) is 36.6 Å². The Labute approximate surface area is 129 Å². The fourth-order valence-corrected chi connectivity index (χ4v) is 3.22. The number of hydrogen-bond donors (Lipinski definition) is 1. The van der Waals surface area contributed by atoms with E-state index in [1.807, 2.05) is 17.9 Å². The Morgan fingerprint density at radius 2 is 2.23 bits per heavy atom. The molecule has 0 bridgehead atoms. The Bertz CT molecular complexity index is 745. The van der Waals surface area contributed by atoms with Gasteiger partial charge in [0.15, 0.2) is 0 Å². The molecular formula is C18H21FN2O. The van der Waals surface area contributed by atoms with Crippen molar-refractivity contribution < 1.29 is 9.18 Å². The number of carbonyl (C=O) groups is 1. The van der Waals surface area contributed by atoms with Gasteiger partial charge in [-0.1, -0.05) is 26.0 Å². The maximum atomic E-state index is 13.5. The number of H-pyrrole nitrogens is 1. The van der Waals surface area contributed by atoms with Gasteiger partial charge in [0.2, 0.25) is 5.91 Å². The van der Waals surface area contributed by atoms with Gasteiger partial charge in [-0.15, -0.1) is 0 Å². The molecule has 0 spiro atoms. The van der Waals surface area contributed by atoms with E-state index in [0.717, 1.165) is 22.2 Å². The maximum Gasteiger partial charge on any atom is 0.227 e. The molecule has 1 aromatic heterocycles. The first-order valence-electron chi connectivity index (χ1n) is 7.70. The van der Waals surface area contributed by atoms with Gasteiger partial charge in [0.1, 0.15) is 5.82 Å². The molecule has 3 rings (SSSR count). The van der Waals surface area contributed by atoms with Crippen LogP contribution >= 0.6 is 0 Å². The molecule has 2 aromatic rings. The molecule has 3 nitrogen and oxygen atoms in total. The first kappa shape index (κ1) is 14.8. The van der Waals surface area contributed by atoms with E-state index < -0.39 is 0 Å². The third-order valence-corrected chi connectivity index (χ3v) is 4.41. The standard InChI is InChI=1S/C18H21FN2O/c1-11(2)17-5-4-8-21(17)18(22)10-14-12(3)20-16-7-6-13(19)9-15(14)16/h4-7,9,11,17,20H,8,10H2,1-3H3/t17-/m1/s1. The highest BCUT2D eigenvalue weighted by molar-refractivity contribution is 5.90. The normalized spacial score (nSPS) is 17.9. The quantitative estimate of drug-likeness (QED) is 0.864. The minimum Gasteiger partial charge on any atom is -0.358 e. The van der Waals surface area contributed by atoms with E-state index in [1.54, 1.807) is 6.07 Å². The summed E-state index contributed by atoms with van der Waals surface area (Å²) in [6, 6.07) is 4.82. The predicted molar refractivity (Wildman–Crippen MR) is 86.2 cm³/mol. The lowest BCUT2D eigenvalue weighted by Crippen LogP contribution is -2.39. The molecule has 2 heterocycles. The number of fused-ring (bicyclic) bond motifs is 1. The van der Waals surface area contributed by atoms with Gasteiger partial charge in [-0.25, -0.2) is 4.39 Å². The van der Waals surface area contributed by atoms with Crippen LogP contribution in [-0.4, -0.2) is 28.4 Å². The summed E-state index contributed by atoms with van der Waals surface area (Å²) < 4.78 is 13.5. The summed E-state index contributed by atoms with van der Waals surface area (Å²) in [7, 11) is 0. The zero-order chi connectivity index (χ0) is 15.9. The van der Waals surface area contributed by atoms with E-state index >= 15 is 0 Å². The van der Waals surface area contributed by atoms with Crippen molar-refractivity contribution in [3.8, 4) is 0 Å². The highest BCUT2D eigenvalue weighted by atomic mass is 19.1. The number of nitrogens with zero attached hydrogens (tertiary/aromatic N) is 1. The summed E-state index contributed by atoms with van der Waals surface area (Å²) >= 11 is 0. The first-order valence-corrected chi connectivity index (χ1v) is 7.70. The molecule has 1 aliphatic heterocycles. The third-order valence-electron chi connectivity index (χ3n) is 4.41. The van der Waals surface area contributed by atoms with Crippen molar-refractivity contribution in [1.82, 2.24) is 9.88 Å². The molecule has 0 unspecified atom stereocenters. The number of aryl methyl sites for hydroxylation is 1. The van der Waals surface area contributed by atoms with Crippen LogP contribution in [0.15, 0.2) is 30.4 Å². The van der Waals surface area contributed by atoms with Crippen LogP contribution in [0.5, 0.6) is 0 Å². The lowest BCUT2D eigenvalue weighted by molar-refractivity contribution is -0.131. The molecule has 0 radical (unpaired) electrons. The average molecular weight is 300 g/mol. The molecule has 116 valence electrons. The number of aromatic amines is 1.